The SMILES string of the molecule is [C-]1=CCCC=CCC1.[Cl][Pd][Cl]. The molecule has 0 nitrogen and oxygen atoms in total. The molecule has 0 fully saturated rings. The summed E-state index contributed by atoms with van der Waals surface area (Å²) in [5, 5.41) is 0. The molecule has 1 aliphatic carbocycles. The zero-order valence-electron chi connectivity index (χ0n) is 6.13. The third kappa shape index (κ3) is 10.7. The summed E-state index contributed by atoms with van der Waals surface area (Å²) >= 11 is -0.106. The summed E-state index contributed by atoms with van der Waals surface area (Å²) in [6, 6.07) is 0. The molecule has 0 heterocycles. The molecule has 68 valence electrons. The third-order valence-electron chi connectivity index (χ3n) is 1.24. The van der Waals surface area contributed by atoms with E-state index in [0.29, 0.717) is 0 Å². The molecule has 0 N–H and O–H groups in total. The molecule has 0 saturated heterocycles. The first-order valence-electron chi connectivity index (χ1n) is 3.44. The second-order valence-corrected chi connectivity index (χ2v) is 4.40. The Kier molecular flexibility index (Phi) is 11.4. The van der Waals surface area contributed by atoms with Crippen LogP contribution in [0.15, 0.2) is 18.2 Å². The Labute approximate surface area is 84.8 Å². The van der Waals surface area contributed by atoms with Gasteiger partial charge < -0.3 is 6.08 Å². The molecule has 0 aromatic carbocycles. The zero-order valence-corrected chi connectivity index (χ0v) is 9.20. The Morgan fingerprint density at radius 3 is 2.45 bits per heavy atom. The molecule has 0 atom stereocenters. The molecule has 0 bridgehead atoms. The molecule has 0 aromatic rings. The summed E-state index contributed by atoms with van der Waals surface area (Å²) in [6.45, 7) is 0. The first-order chi connectivity index (χ1) is 5.41. The summed E-state index contributed by atoms with van der Waals surface area (Å²) in [5.74, 6) is 0. The standard InChI is InChI=1S/C8H11.2ClH.Pd/c1-2-4-6-8-7-5-3-1;;;/h1-2,7H,3-6H2;2*1H;/q-1;;;+2/p-2. The number of halogens is 2. The predicted molar refractivity (Wildman–Crippen MR) is 47.1 cm³/mol. The van der Waals surface area contributed by atoms with Crippen molar-refractivity contribution in [1.82, 2.24) is 0 Å². The van der Waals surface area contributed by atoms with E-state index in [1.807, 2.05) is 0 Å². The third-order valence-corrected chi connectivity index (χ3v) is 1.24. The number of allylic oxidation sites excluding steroid dienone is 4. The van der Waals surface area contributed by atoms with Gasteiger partial charge in [-0.2, -0.15) is 6.42 Å². The Hall–Kier alpha value is 0.722. The van der Waals surface area contributed by atoms with E-state index in [-0.39, 0.29) is 15.9 Å². The fourth-order valence-electron chi connectivity index (χ4n) is 0.786. The summed E-state index contributed by atoms with van der Waals surface area (Å²) < 4.78 is 0. The van der Waals surface area contributed by atoms with Crippen molar-refractivity contribution < 1.29 is 15.9 Å². The molecule has 0 radical (unpaired) electrons. The average Bonchev–Trinajstić information content (AvgIpc) is 1.86. The van der Waals surface area contributed by atoms with Gasteiger partial charge in [0.1, 0.15) is 0 Å². The summed E-state index contributed by atoms with van der Waals surface area (Å²) in [4.78, 5) is 0. The van der Waals surface area contributed by atoms with E-state index in [1.54, 1.807) is 0 Å². The molecule has 0 amide bonds. The van der Waals surface area contributed by atoms with Crippen molar-refractivity contribution in [3.8, 4) is 0 Å². The molecule has 11 heavy (non-hydrogen) atoms. The van der Waals surface area contributed by atoms with Gasteiger partial charge >= 0.3 is 35.0 Å². The van der Waals surface area contributed by atoms with Crippen LogP contribution in [0, 0.1) is 6.08 Å². The molecule has 0 aliphatic heterocycles. The van der Waals surface area contributed by atoms with E-state index in [2.05, 4.69) is 24.3 Å². The van der Waals surface area contributed by atoms with Gasteiger partial charge in [0.25, 0.3) is 0 Å². The van der Waals surface area contributed by atoms with E-state index < -0.39 is 0 Å². The number of rotatable bonds is 0. The van der Waals surface area contributed by atoms with Crippen molar-refractivity contribution in [2.45, 2.75) is 25.7 Å². The van der Waals surface area contributed by atoms with Gasteiger partial charge in [-0.25, -0.2) is 0 Å². The van der Waals surface area contributed by atoms with Gasteiger partial charge in [0.15, 0.2) is 0 Å². The van der Waals surface area contributed by atoms with Gasteiger partial charge in [-0.15, -0.1) is 0 Å². The summed E-state index contributed by atoms with van der Waals surface area (Å²) in [5.41, 5.74) is 0. The molecule has 1 aliphatic rings. The topological polar surface area (TPSA) is 0 Å². The second-order valence-electron chi connectivity index (χ2n) is 2.04. The Morgan fingerprint density at radius 1 is 1.09 bits per heavy atom. The van der Waals surface area contributed by atoms with Crippen molar-refractivity contribution in [3.05, 3.63) is 24.3 Å². The van der Waals surface area contributed by atoms with Gasteiger partial charge in [-0.1, -0.05) is 25.0 Å². The summed E-state index contributed by atoms with van der Waals surface area (Å²) in [6.07, 6.45) is 14.5. The maximum atomic E-state index is 4.81. The van der Waals surface area contributed by atoms with Crippen LogP contribution in [-0.4, -0.2) is 0 Å². The Morgan fingerprint density at radius 2 is 1.73 bits per heavy atom. The van der Waals surface area contributed by atoms with E-state index in [9.17, 15) is 0 Å². The molecule has 0 spiro atoms. The quantitative estimate of drug-likeness (QED) is 0.360. The molecule has 3 heteroatoms. The first-order valence-corrected chi connectivity index (χ1v) is 7.44. The summed E-state index contributed by atoms with van der Waals surface area (Å²) in [7, 11) is 9.63. The average molecular weight is 285 g/mol. The van der Waals surface area contributed by atoms with Gasteiger partial charge in [0.2, 0.25) is 0 Å². The Balaban J connectivity index is 0.000000292. The monoisotopic (exact) mass is 283 g/mol. The van der Waals surface area contributed by atoms with Gasteiger partial charge in [0, 0.05) is 0 Å². The van der Waals surface area contributed by atoms with Crippen molar-refractivity contribution in [1.29, 1.82) is 0 Å². The van der Waals surface area contributed by atoms with Crippen LogP contribution < -0.4 is 0 Å². The van der Waals surface area contributed by atoms with Gasteiger partial charge in [0.05, 0.1) is 0 Å². The number of hydrogen-bond donors (Lipinski definition) is 0. The first kappa shape index (κ1) is 11.7. The van der Waals surface area contributed by atoms with Crippen LogP contribution in [0.3, 0.4) is 0 Å². The molecule has 0 unspecified atom stereocenters. The van der Waals surface area contributed by atoms with Crippen molar-refractivity contribution >= 4 is 19.1 Å². The van der Waals surface area contributed by atoms with E-state index in [4.69, 9.17) is 19.1 Å². The van der Waals surface area contributed by atoms with Crippen LogP contribution in [0.2, 0.25) is 0 Å². The molecule has 1 rings (SSSR count). The Bertz CT molecular complexity index is 95.3. The van der Waals surface area contributed by atoms with E-state index in [0.717, 1.165) is 6.42 Å². The van der Waals surface area contributed by atoms with Crippen molar-refractivity contribution in [2.24, 2.45) is 0 Å². The van der Waals surface area contributed by atoms with Gasteiger partial charge in [-0.05, 0) is 6.42 Å². The van der Waals surface area contributed by atoms with Gasteiger partial charge in [-0.3, -0.25) is 6.08 Å². The minimum atomic E-state index is -0.106. The molecular weight excluding hydrogens is 273 g/mol. The van der Waals surface area contributed by atoms with Crippen LogP contribution in [0.25, 0.3) is 0 Å². The van der Waals surface area contributed by atoms with Crippen LogP contribution in [0.4, 0.5) is 0 Å². The second kappa shape index (κ2) is 10.7. The van der Waals surface area contributed by atoms with Crippen LogP contribution in [0.5, 0.6) is 0 Å². The number of hydrogen-bond acceptors (Lipinski definition) is 0. The molecule has 0 saturated carbocycles. The van der Waals surface area contributed by atoms with Crippen molar-refractivity contribution in [3.63, 3.8) is 0 Å². The predicted octanol–water partition coefficient (Wildman–Crippen LogP) is 3.85. The van der Waals surface area contributed by atoms with Crippen LogP contribution in [-0.2, 0) is 15.9 Å². The van der Waals surface area contributed by atoms with Crippen LogP contribution in [0.1, 0.15) is 25.7 Å². The van der Waals surface area contributed by atoms with E-state index in [1.165, 1.54) is 19.3 Å². The van der Waals surface area contributed by atoms with Crippen LogP contribution >= 0.6 is 19.1 Å². The molecule has 0 aromatic heterocycles. The fourth-order valence-corrected chi connectivity index (χ4v) is 0.786. The zero-order chi connectivity index (χ0) is 8.36. The normalized spacial score (nSPS) is 16.5. The van der Waals surface area contributed by atoms with Crippen molar-refractivity contribution in [2.75, 3.05) is 0 Å². The fraction of sp³-hybridized carbons (Fsp3) is 0.500. The maximum absolute atomic E-state index is 4.81. The molecular formula is C8H11Cl2Pd-. The van der Waals surface area contributed by atoms with E-state index >= 15 is 0 Å². The minimum absolute atomic E-state index is 0.106.